The Morgan fingerprint density at radius 2 is 1.93 bits per heavy atom. The number of carbonyl (C=O) groups is 1. The standard InChI is InChI=1S/C9H9ClO2.CO2/c1-6-3-4-7(8(10)5-6)9(11)12-2;2-1-3/h3-5H,1-2H3;. The van der Waals surface area contributed by atoms with Crippen LogP contribution in [-0.2, 0) is 14.3 Å². The van der Waals surface area contributed by atoms with E-state index in [1.807, 2.05) is 13.0 Å². The van der Waals surface area contributed by atoms with Gasteiger partial charge in [0.2, 0.25) is 0 Å². The van der Waals surface area contributed by atoms with Gasteiger partial charge >= 0.3 is 12.1 Å². The third-order valence-electron chi connectivity index (χ3n) is 1.53. The maximum Gasteiger partial charge on any atom is 0.373 e. The number of hydrogen-bond donors (Lipinski definition) is 0. The molecule has 0 aliphatic rings. The van der Waals surface area contributed by atoms with Crippen molar-refractivity contribution in [2.24, 2.45) is 0 Å². The normalized spacial score (nSPS) is 8.20. The zero-order valence-corrected chi connectivity index (χ0v) is 9.00. The van der Waals surface area contributed by atoms with Crippen LogP contribution in [0.2, 0.25) is 5.02 Å². The lowest BCUT2D eigenvalue weighted by molar-refractivity contribution is -0.191. The lowest BCUT2D eigenvalue weighted by Crippen LogP contribution is -2.01. The van der Waals surface area contributed by atoms with Gasteiger partial charge in [-0.2, -0.15) is 9.59 Å². The summed E-state index contributed by atoms with van der Waals surface area (Å²) in [5.41, 5.74) is 1.43. The van der Waals surface area contributed by atoms with Crippen molar-refractivity contribution in [3.8, 4) is 0 Å². The molecule has 0 atom stereocenters. The molecule has 1 rings (SSSR count). The maximum absolute atomic E-state index is 11.0. The van der Waals surface area contributed by atoms with Crippen LogP contribution >= 0.6 is 11.6 Å². The number of methoxy groups -OCH3 is 1. The third kappa shape index (κ3) is 4.40. The Bertz CT molecular complexity index is 381. The van der Waals surface area contributed by atoms with Crippen LogP contribution in [0.25, 0.3) is 0 Å². The lowest BCUT2D eigenvalue weighted by atomic mass is 10.1. The van der Waals surface area contributed by atoms with Crippen LogP contribution in [0.15, 0.2) is 18.2 Å². The molecule has 4 nitrogen and oxygen atoms in total. The summed E-state index contributed by atoms with van der Waals surface area (Å²) < 4.78 is 4.53. The number of benzene rings is 1. The average molecular weight is 229 g/mol. The highest BCUT2D eigenvalue weighted by Gasteiger charge is 2.09. The highest BCUT2D eigenvalue weighted by Crippen LogP contribution is 2.17. The van der Waals surface area contributed by atoms with Crippen molar-refractivity contribution in [1.29, 1.82) is 0 Å². The fourth-order valence-corrected chi connectivity index (χ4v) is 1.21. The minimum absolute atomic E-state index is 0.250. The quantitative estimate of drug-likeness (QED) is 0.689. The Morgan fingerprint density at radius 3 is 2.33 bits per heavy atom. The van der Waals surface area contributed by atoms with Crippen LogP contribution in [0.5, 0.6) is 0 Å². The van der Waals surface area contributed by atoms with Gasteiger partial charge in [0.1, 0.15) is 0 Å². The zero-order chi connectivity index (χ0) is 11.8. The van der Waals surface area contributed by atoms with Crippen LogP contribution < -0.4 is 0 Å². The Labute approximate surface area is 91.8 Å². The molecule has 0 aliphatic carbocycles. The molecule has 0 unspecified atom stereocenters. The summed E-state index contributed by atoms with van der Waals surface area (Å²) in [6.07, 6.45) is 0.250. The molecule has 5 heteroatoms. The third-order valence-corrected chi connectivity index (χ3v) is 1.84. The second kappa shape index (κ2) is 6.76. The summed E-state index contributed by atoms with van der Waals surface area (Å²) in [5.74, 6) is -0.403. The van der Waals surface area contributed by atoms with Crippen molar-refractivity contribution < 1.29 is 19.1 Å². The van der Waals surface area contributed by atoms with E-state index in [9.17, 15) is 4.79 Å². The maximum atomic E-state index is 11.0. The molecule has 15 heavy (non-hydrogen) atoms. The molecule has 1 aromatic carbocycles. The van der Waals surface area contributed by atoms with E-state index in [1.54, 1.807) is 12.1 Å². The fourth-order valence-electron chi connectivity index (χ4n) is 0.896. The van der Waals surface area contributed by atoms with Crippen LogP contribution in [0, 0.1) is 6.92 Å². The van der Waals surface area contributed by atoms with Gasteiger partial charge in [-0.25, -0.2) is 4.79 Å². The predicted octanol–water partition coefficient (Wildman–Crippen LogP) is 1.85. The van der Waals surface area contributed by atoms with E-state index in [0.29, 0.717) is 10.6 Å². The SMILES string of the molecule is COC(=O)c1ccc(C)cc1Cl.O=C=O. The van der Waals surface area contributed by atoms with E-state index >= 15 is 0 Å². The molecule has 0 bridgehead atoms. The van der Waals surface area contributed by atoms with Gasteiger partial charge in [-0.1, -0.05) is 17.7 Å². The van der Waals surface area contributed by atoms with Crippen molar-refractivity contribution in [2.45, 2.75) is 6.92 Å². The van der Waals surface area contributed by atoms with Gasteiger partial charge in [-0.05, 0) is 24.6 Å². The number of esters is 1. The summed E-state index contributed by atoms with van der Waals surface area (Å²) in [6.45, 7) is 1.91. The summed E-state index contributed by atoms with van der Waals surface area (Å²) in [6, 6.07) is 5.20. The molecule has 0 fully saturated rings. The Hall–Kier alpha value is -1.64. The van der Waals surface area contributed by atoms with Crippen molar-refractivity contribution in [1.82, 2.24) is 0 Å². The highest BCUT2D eigenvalue weighted by molar-refractivity contribution is 6.33. The second-order valence-corrected chi connectivity index (χ2v) is 2.97. The fraction of sp³-hybridized carbons (Fsp3) is 0.200. The monoisotopic (exact) mass is 228 g/mol. The molecule has 0 amide bonds. The molecule has 0 heterocycles. The number of carbonyl (C=O) groups excluding carboxylic acids is 3. The van der Waals surface area contributed by atoms with Crippen molar-refractivity contribution in [2.75, 3.05) is 7.11 Å². The molecule has 0 saturated carbocycles. The minimum atomic E-state index is -0.403. The van der Waals surface area contributed by atoms with E-state index in [-0.39, 0.29) is 6.15 Å². The molecule has 0 spiro atoms. The number of aryl methyl sites for hydroxylation is 1. The molecule has 0 radical (unpaired) electrons. The van der Waals surface area contributed by atoms with Crippen molar-refractivity contribution in [3.05, 3.63) is 34.3 Å². The highest BCUT2D eigenvalue weighted by atomic mass is 35.5. The van der Waals surface area contributed by atoms with Crippen molar-refractivity contribution in [3.63, 3.8) is 0 Å². The predicted molar refractivity (Wildman–Crippen MR) is 52.5 cm³/mol. The summed E-state index contributed by atoms with van der Waals surface area (Å²) in [5, 5.41) is 0.432. The van der Waals surface area contributed by atoms with E-state index in [2.05, 4.69) is 4.74 Å². The van der Waals surface area contributed by atoms with Gasteiger partial charge in [0.25, 0.3) is 0 Å². The molecule has 0 aliphatic heterocycles. The van der Waals surface area contributed by atoms with E-state index in [4.69, 9.17) is 21.2 Å². The van der Waals surface area contributed by atoms with E-state index < -0.39 is 5.97 Å². The van der Waals surface area contributed by atoms with Crippen LogP contribution in [0.4, 0.5) is 0 Å². The first kappa shape index (κ1) is 13.4. The smallest absolute Gasteiger partial charge is 0.373 e. The number of ether oxygens (including phenoxy) is 1. The van der Waals surface area contributed by atoms with Gasteiger partial charge in [0.05, 0.1) is 17.7 Å². The van der Waals surface area contributed by atoms with Gasteiger partial charge in [-0.3, -0.25) is 0 Å². The number of rotatable bonds is 1. The second-order valence-electron chi connectivity index (χ2n) is 2.56. The zero-order valence-electron chi connectivity index (χ0n) is 8.24. The number of hydrogen-bond acceptors (Lipinski definition) is 4. The van der Waals surface area contributed by atoms with E-state index in [1.165, 1.54) is 7.11 Å². The van der Waals surface area contributed by atoms with Crippen LogP contribution in [0.3, 0.4) is 0 Å². The Kier molecular flexibility index (Phi) is 6.02. The van der Waals surface area contributed by atoms with Gasteiger partial charge in [0, 0.05) is 0 Å². The molecular weight excluding hydrogens is 220 g/mol. The first-order valence-electron chi connectivity index (χ1n) is 3.90. The minimum Gasteiger partial charge on any atom is -0.465 e. The molecule has 0 aromatic heterocycles. The Balaban J connectivity index is 0.000000583. The van der Waals surface area contributed by atoms with Gasteiger partial charge < -0.3 is 4.74 Å². The summed E-state index contributed by atoms with van der Waals surface area (Å²) >= 11 is 5.80. The Morgan fingerprint density at radius 1 is 1.40 bits per heavy atom. The van der Waals surface area contributed by atoms with Gasteiger partial charge in [-0.15, -0.1) is 0 Å². The molecule has 0 saturated heterocycles. The van der Waals surface area contributed by atoms with Crippen LogP contribution in [-0.4, -0.2) is 19.2 Å². The van der Waals surface area contributed by atoms with Crippen molar-refractivity contribution >= 4 is 23.7 Å². The number of halogens is 1. The van der Waals surface area contributed by atoms with Gasteiger partial charge in [0.15, 0.2) is 0 Å². The largest absolute Gasteiger partial charge is 0.465 e. The average Bonchev–Trinajstić information content (AvgIpc) is 2.18. The molecular formula is C10H9ClO4. The summed E-state index contributed by atoms with van der Waals surface area (Å²) in [7, 11) is 1.33. The first-order chi connectivity index (χ1) is 7.06. The lowest BCUT2D eigenvalue weighted by Gasteiger charge is -2.01. The van der Waals surface area contributed by atoms with Crippen LogP contribution in [0.1, 0.15) is 15.9 Å². The molecule has 1 aromatic rings. The molecule has 80 valence electrons. The topological polar surface area (TPSA) is 60.4 Å². The first-order valence-corrected chi connectivity index (χ1v) is 4.28. The van der Waals surface area contributed by atoms with E-state index in [0.717, 1.165) is 5.56 Å². The molecule has 0 N–H and O–H groups in total. The summed E-state index contributed by atoms with van der Waals surface area (Å²) in [4.78, 5) is 27.3.